The van der Waals surface area contributed by atoms with Gasteiger partial charge in [-0.1, -0.05) is 0 Å². The van der Waals surface area contributed by atoms with E-state index in [1.165, 1.54) is 12.1 Å². The zero-order valence-corrected chi connectivity index (χ0v) is 10.2. The summed E-state index contributed by atoms with van der Waals surface area (Å²) in [4.78, 5) is 32.8. The fourth-order valence-electron chi connectivity index (χ4n) is 1.55. The molecule has 0 aliphatic heterocycles. The monoisotopic (exact) mass is 277 g/mol. The summed E-state index contributed by atoms with van der Waals surface area (Å²) in [5, 5.41) is 19.7. The number of hydrogen-bond acceptors (Lipinski definition) is 5. The molecule has 96 valence electrons. The van der Waals surface area contributed by atoms with E-state index in [1.807, 2.05) is 0 Å². The number of non-ortho nitro benzene ring substituents is 1. The van der Waals surface area contributed by atoms with Crippen molar-refractivity contribution < 1.29 is 19.6 Å². The fourth-order valence-corrected chi connectivity index (χ4v) is 2.36. The van der Waals surface area contributed by atoms with Crippen molar-refractivity contribution in [2.75, 3.05) is 0 Å². The number of benzene rings is 1. The second-order valence-corrected chi connectivity index (χ2v) is 4.77. The van der Waals surface area contributed by atoms with Gasteiger partial charge in [0.15, 0.2) is 6.29 Å². The van der Waals surface area contributed by atoms with Crippen LogP contribution in [0.2, 0.25) is 0 Å². The molecule has 1 aromatic heterocycles. The predicted octanol–water partition coefficient (Wildman–Crippen LogP) is 2.83. The number of carbonyl (C=O) groups excluding carboxylic acids is 1. The number of hydrogen-bond donors (Lipinski definition) is 1. The van der Waals surface area contributed by atoms with Crippen molar-refractivity contribution >= 4 is 29.3 Å². The minimum absolute atomic E-state index is 0.162. The van der Waals surface area contributed by atoms with E-state index in [9.17, 15) is 19.7 Å². The summed E-state index contributed by atoms with van der Waals surface area (Å²) >= 11 is 1.14. The SMILES string of the molecule is O=Cc1ccc(-c2cc(C(=O)O)cc([N+](=O)[O-])c2)s1. The Kier molecular flexibility index (Phi) is 3.39. The van der Waals surface area contributed by atoms with Gasteiger partial charge in [-0.2, -0.15) is 0 Å². The lowest BCUT2D eigenvalue weighted by Crippen LogP contribution is -1.98. The van der Waals surface area contributed by atoms with Crippen LogP contribution in [0, 0.1) is 10.1 Å². The van der Waals surface area contributed by atoms with Gasteiger partial charge in [0.2, 0.25) is 0 Å². The molecule has 0 fully saturated rings. The smallest absolute Gasteiger partial charge is 0.335 e. The van der Waals surface area contributed by atoms with E-state index < -0.39 is 10.9 Å². The number of rotatable bonds is 4. The molecule has 0 atom stereocenters. The maximum atomic E-state index is 10.9. The highest BCUT2D eigenvalue weighted by Gasteiger charge is 2.15. The van der Waals surface area contributed by atoms with Crippen LogP contribution in [0.4, 0.5) is 5.69 Å². The topological polar surface area (TPSA) is 97.5 Å². The third-order valence-corrected chi connectivity index (χ3v) is 3.46. The average molecular weight is 277 g/mol. The molecule has 2 rings (SSSR count). The van der Waals surface area contributed by atoms with Gasteiger partial charge in [0.05, 0.1) is 15.4 Å². The van der Waals surface area contributed by atoms with Gasteiger partial charge in [0.25, 0.3) is 5.69 Å². The van der Waals surface area contributed by atoms with Crippen molar-refractivity contribution in [3.8, 4) is 10.4 Å². The number of aromatic carboxylic acids is 1. The van der Waals surface area contributed by atoms with Crippen LogP contribution in [0.5, 0.6) is 0 Å². The first-order valence-corrected chi connectivity index (χ1v) is 5.91. The van der Waals surface area contributed by atoms with E-state index in [4.69, 9.17) is 5.11 Å². The van der Waals surface area contributed by atoms with Gasteiger partial charge in [-0.25, -0.2) is 4.79 Å². The first-order valence-electron chi connectivity index (χ1n) is 5.09. The van der Waals surface area contributed by atoms with Crippen LogP contribution in [-0.4, -0.2) is 22.3 Å². The molecule has 6 nitrogen and oxygen atoms in total. The number of carboxylic acids is 1. The van der Waals surface area contributed by atoms with E-state index in [0.29, 0.717) is 21.6 Å². The minimum Gasteiger partial charge on any atom is -0.478 e. The molecule has 0 spiro atoms. The summed E-state index contributed by atoms with van der Waals surface area (Å²) in [6, 6.07) is 6.83. The number of nitro benzene ring substituents is 1. The summed E-state index contributed by atoms with van der Waals surface area (Å²) in [5.41, 5.74) is -0.0501. The number of carbonyl (C=O) groups is 2. The van der Waals surface area contributed by atoms with Crippen LogP contribution in [0.25, 0.3) is 10.4 Å². The Morgan fingerprint density at radius 1 is 1.32 bits per heavy atom. The normalized spacial score (nSPS) is 10.1. The Bertz CT molecular complexity index is 644. The molecule has 0 saturated heterocycles. The average Bonchev–Trinajstić information content (AvgIpc) is 2.86. The predicted molar refractivity (Wildman–Crippen MR) is 68.8 cm³/mol. The van der Waals surface area contributed by atoms with E-state index in [-0.39, 0.29) is 11.3 Å². The molecule has 0 unspecified atom stereocenters. The van der Waals surface area contributed by atoms with Gasteiger partial charge in [0.1, 0.15) is 0 Å². The van der Waals surface area contributed by atoms with Crippen molar-refractivity contribution in [2.45, 2.75) is 0 Å². The van der Waals surface area contributed by atoms with Crippen LogP contribution in [-0.2, 0) is 0 Å². The Balaban J connectivity index is 2.58. The van der Waals surface area contributed by atoms with Gasteiger partial charge in [0, 0.05) is 17.0 Å². The zero-order chi connectivity index (χ0) is 14.0. The number of thiophene rings is 1. The fraction of sp³-hybridized carbons (Fsp3) is 0. The van der Waals surface area contributed by atoms with Crippen LogP contribution in [0.3, 0.4) is 0 Å². The second-order valence-electron chi connectivity index (χ2n) is 3.65. The van der Waals surface area contributed by atoms with Gasteiger partial charge in [-0.05, 0) is 23.8 Å². The van der Waals surface area contributed by atoms with Crippen LogP contribution in [0.15, 0.2) is 30.3 Å². The van der Waals surface area contributed by atoms with Crippen LogP contribution in [0.1, 0.15) is 20.0 Å². The lowest BCUT2D eigenvalue weighted by atomic mass is 10.1. The number of nitrogens with zero attached hydrogens (tertiary/aromatic N) is 1. The van der Waals surface area contributed by atoms with Crippen molar-refractivity contribution in [3.63, 3.8) is 0 Å². The molecule has 7 heteroatoms. The number of aldehydes is 1. The Morgan fingerprint density at radius 3 is 2.58 bits per heavy atom. The number of carboxylic acid groups (broad SMARTS) is 1. The quantitative estimate of drug-likeness (QED) is 0.526. The third kappa shape index (κ3) is 2.66. The highest BCUT2D eigenvalue weighted by Crippen LogP contribution is 2.31. The summed E-state index contributed by atoms with van der Waals surface area (Å²) in [7, 11) is 0. The lowest BCUT2D eigenvalue weighted by Gasteiger charge is -2.01. The molecule has 0 aliphatic carbocycles. The highest BCUT2D eigenvalue weighted by molar-refractivity contribution is 7.17. The van der Waals surface area contributed by atoms with Crippen LogP contribution < -0.4 is 0 Å². The maximum Gasteiger partial charge on any atom is 0.335 e. The van der Waals surface area contributed by atoms with Crippen LogP contribution >= 0.6 is 11.3 Å². The standard InChI is InChI=1S/C12H7NO5S/c14-6-10-1-2-11(19-10)7-3-8(12(15)16)5-9(4-7)13(17)18/h1-6H,(H,15,16). The molecule has 0 saturated carbocycles. The third-order valence-electron chi connectivity index (χ3n) is 2.40. The molecular weight excluding hydrogens is 270 g/mol. The Hall–Kier alpha value is -2.54. The van der Waals surface area contributed by atoms with Gasteiger partial charge < -0.3 is 5.11 Å². The molecule has 1 N–H and O–H groups in total. The van der Waals surface area contributed by atoms with E-state index in [2.05, 4.69) is 0 Å². The molecule has 1 heterocycles. The minimum atomic E-state index is -1.24. The first kappa shape index (κ1) is 12.9. The first-order chi connectivity index (χ1) is 9.01. The molecular formula is C12H7NO5S. The van der Waals surface area contributed by atoms with E-state index in [0.717, 1.165) is 17.4 Å². The van der Waals surface area contributed by atoms with Gasteiger partial charge in [-0.3, -0.25) is 14.9 Å². The largest absolute Gasteiger partial charge is 0.478 e. The zero-order valence-electron chi connectivity index (χ0n) is 9.40. The van der Waals surface area contributed by atoms with E-state index in [1.54, 1.807) is 12.1 Å². The summed E-state index contributed by atoms with van der Waals surface area (Å²) in [6.07, 6.45) is 0.670. The Morgan fingerprint density at radius 2 is 2.05 bits per heavy atom. The summed E-state index contributed by atoms with van der Waals surface area (Å²) in [6.45, 7) is 0. The van der Waals surface area contributed by atoms with Crippen molar-refractivity contribution in [3.05, 3.63) is 50.9 Å². The van der Waals surface area contributed by atoms with Crippen molar-refractivity contribution in [1.29, 1.82) is 0 Å². The van der Waals surface area contributed by atoms with E-state index >= 15 is 0 Å². The molecule has 1 aromatic carbocycles. The molecule has 19 heavy (non-hydrogen) atoms. The van der Waals surface area contributed by atoms with Crippen molar-refractivity contribution in [1.82, 2.24) is 0 Å². The lowest BCUT2D eigenvalue weighted by molar-refractivity contribution is -0.384. The Labute approximate surface area is 111 Å². The summed E-state index contributed by atoms with van der Waals surface area (Å²) in [5.74, 6) is -1.24. The molecule has 0 amide bonds. The highest BCUT2D eigenvalue weighted by atomic mass is 32.1. The van der Waals surface area contributed by atoms with Gasteiger partial charge >= 0.3 is 5.97 Å². The second kappa shape index (κ2) is 4.99. The molecule has 0 aliphatic rings. The molecule has 2 aromatic rings. The molecule has 0 bridgehead atoms. The molecule has 0 radical (unpaired) electrons. The van der Waals surface area contributed by atoms with Crippen molar-refractivity contribution in [2.24, 2.45) is 0 Å². The maximum absolute atomic E-state index is 10.9. The number of nitro groups is 1. The van der Waals surface area contributed by atoms with Gasteiger partial charge in [-0.15, -0.1) is 11.3 Å². The summed E-state index contributed by atoms with van der Waals surface area (Å²) < 4.78 is 0.